The van der Waals surface area contributed by atoms with E-state index >= 15 is 0 Å². The molecule has 2 heterocycles. The molecule has 1 aromatic rings. The second kappa shape index (κ2) is 6.69. The Morgan fingerprint density at radius 1 is 1.34 bits per heavy atom. The van der Waals surface area contributed by atoms with Gasteiger partial charge in [-0.05, 0) is 56.6 Å². The molecule has 3 N–H and O–H groups in total. The first-order chi connectivity index (χ1) is 13.6. The molecule has 6 nitrogen and oxygen atoms in total. The van der Waals surface area contributed by atoms with Crippen molar-refractivity contribution in [2.75, 3.05) is 19.5 Å². The number of halogens is 1. The quantitative estimate of drug-likeness (QED) is 0.659. The number of aliphatic hydroxyl groups is 1. The van der Waals surface area contributed by atoms with E-state index in [-0.39, 0.29) is 40.4 Å². The van der Waals surface area contributed by atoms with Gasteiger partial charge < -0.3 is 25.5 Å². The van der Waals surface area contributed by atoms with Gasteiger partial charge in [0.25, 0.3) is 0 Å². The molecule has 158 valence electrons. The summed E-state index contributed by atoms with van der Waals surface area (Å²) in [6.07, 6.45) is 3.76. The van der Waals surface area contributed by atoms with Crippen LogP contribution in [0.15, 0.2) is 12.1 Å². The lowest BCUT2D eigenvalue weighted by atomic mass is 9.54. The number of anilines is 1. The average Bonchev–Trinajstić information content (AvgIpc) is 2.63. The third-order valence-corrected chi connectivity index (χ3v) is 7.15. The van der Waals surface area contributed by atoms with Crippen molar-refractivity contribution in [3.05, 3.63) is 23.5 Å². The smallest absolute Gasteiger partial charge is 0.231 e. The fraction of sp³-hybridized carbons (Fsp3) is 0.636. The van der Waals surface area contributed by atoms with E-state index in [2.05, 4.69) is 12.2 Å². The van der Waals surface area contributed by atoms with Crippen molar-refractivity contribution in [2.45, 2.75) is 63.6 Å². The molecule has 4 fully saturated rings. The van der Waals surface area contributed by atoms with Crippen molar-refractivity contribution in [3.63, 3.8) is 0 Å². The fourth-order valence-electron chi connectivity index (χ4n) is 6.21. The topological polar surface area (TPSA) is 85.7 Å². The van der Waals surface area contributed by atoms with Gasteiger partial charge in [0.15, 0.2) is 11.6 Å². The highest BCUT2D eigenvalue weighted by atomic mass is 19.1. The van der Waals surface area contributed by atoms with E-state index < -0.39 is 17.3 Å². The van der Waals surface area contributed by atoms with Gasteiger partial charge in [-0.15, -0.1) is 0 Å². The molecule has 4 bridgehead atoms. The number of ether oxygens (including phenoxy) is 1. The van der Waals surface area contributed by atoms with Crippen molar-refractivity contribution in [1.82, 2.24) is 4.90 Å². The molecule has 7 heteroatoms. The molecule has 2 saturated heterocycles. The molecule has 2 saturated carbocycles. The summed E-state index contributed by atoms with van der Waals surface area (Å²) in [6.45, 7) is 3.87. The van der Waals surface area contributed by atoms with Crippen LogP contribution in [-0.4, -0.2) is 53.5 Å². The summed E-state index contributed by atoms with van der Waals surface area (Å²) in [5, 5.41) is 22.5. The number of methoxy groups -OCH3 is 1. The van der Waals surface area contributed by atoms with Crippen LogP contribution < -0.4 is 10.1 Å². The van der Waals surface area contributed by atoms with Gasteiger partial charge in [0, 0.05) is 24.8 Å². The maximum absolute atomic E-state index is 15.0. The summed E-state index contributed by atoms with van der Waals surface area (Å²) in [7, 11) is 3.04. The Labute approximate surface area is 170 Å². The van der Waals surface area contributed by atoms with E-state index in [0.717, 1.165) is 19.3 Å². The summed E-state index contributed by atoms with van der Waals surface area (Å²) in [5.41, 5.74) is -0.133. The molecule has 29 heavy (non-hydrogen) atoms. The maximum atomic E-state index is 15.0. The zero-order valence-corrected chi connectivity index (χ0v) is 17.5. The highest BCUT2D eigenvalue weighted by Crippen LogP contribution is 2.57. The predicted molar refractivity (Wildman–Crippen MR) is 109 cm³/mol. The molecule has 5 rings (SSSR count). The Hall–Kier alpha value is -2.15. The van der Waals surface area contributed by atoms with Crippen LogP contribution in [0.4, 0.5) is 10.1 Å². The number of piperidine rings is 2. The molecule has 4 aliphatic rings. The first-order valence-electron chi connectivity index (χ1n) is 10.3. The van der Waals surface area contributed by atoms with Gasteiger partial charge >= 0.3 is 0 Å². The fourth-order valence-corrected chi connectivity index (χ4v) is 6.21. The van der Waals surface area contributed by atoms with Crippen LogP contribution in [0.5, 0.6) is 5.75 Å². The molecule has 3 unspecified atom stereocenters. The number of hydrogen-bond acceptors (Lipinski definition) is 5. The predicted octanol–water partition coefficient (Wildman–Crippen LogP) is 3.17. The van der Waals surface area contributed by atoms with Gasteiger partial charge in [0.2, 0.25) is 5.91 Å². The number of carbonyl (C=O) groups is 1. The number of carbonyl (C=O) groups excluding carboxylic acids is 1. The molecule has 0 spiro atoms. The number of nitrogens with zero attached hydrogens (tertiary/aromatic N) is 1. The van der Waals surface area contributed by atoms with Gasteiger partial charge in [-0.2, -0.15) is 0 Å². The second-order valence-electron chi connectivity index (χ2n) is 9.47. The van der Waals surface area contributed by atoms with E-state index in [1.807, 2.05) is 4.90 Å². The van der Waals surface area contributed by atoms with Crippen molar-refractivity contribution >= 4 is 17.3 Å². The lowest BCUT2D eigenvalue weighted by Crippen LogP contribution is -2.69. The molecule has 0 aromatic heterocycles. The molecular formula is C22H30FN3O3. The van der Waals surface area contributed by atoms with Crippen LogP contribution in [0.3, 0.4) is 0 Å². The Morgan fingerprint density at radius 2 is 1.97 bits per heavy atom. The van der Waals surface area contributed by atoms with Crippen molar-refractivity contribution < 1.29 is 19.0 Å². The van der Waals surface area contributed by atoms with Gasteiger partial charge in [0.05, 0.1) is 29.9 Å². The van der Waals surface area contributed by atoms with Gasteiger partial charge in [-0.1, -0.05) is 6.92 Å². The molecule has 1 aromatic carbocycles. The van der Waals surface area contributed by atoms with Crippen LogP contribution in [0, 0.1) is 22.6 Å². The van der Waals surface area contributed by atoms with Crippen LogP contribution >= 0.6 is 0 Å². The summed E-state index contributed by atoms with van der Waals surface area (Å²) in [6, 6.07) is 3.15. The van der Waals surface area contributed by atoms with Crippen molar-refractivity contribution in [3.8, 4) is 5.75 Å². The molecule has 3 atom stereocenters. The average molecular weight is 403 g/mol. The summed E-state index contributed by atoms with van der Waals surface area (Å²) >= 11 is 0. The molecule has 1 amide bonds. The number of rotatable bonds is 5. The number of nitrogens with one attached hydrogen (secondary N) is 2. The minimum Gasteiger partial charge on any atom is -0.494 e. The minimum atomic E-state index is -0.788. The molecule has 0 radical (unpaired) electrons. The minimum absolute atomic E-state index is 0.00655. The van der Waals surface area contributed by atoms with E-state index in [9.17, 15) is 14.3 Å². The SMILES string of the molecule is CNc1ccc(OC)c(F)c1C(=N)C(C)C(=O)N1C2CC3(C)CC1CC(O)(C2)C3. The van der Waals surface area contributed by atoms with E-state index in [1.54, 1.807) is 20.0 Å². The molecule has 2 aliphatic heterocycles. The lowest BCUT2D eigenvalue weighted by molar-refractivity contribution is -0.194. The van der Waals surface area contributed by atoms with Crippen LogP contribution in [0.25, 0.3) is 0 Å². The third-order valence-electron chi connectivity index (χ3n) is 7.15. The van der Waals surface area contributed by atoms with Crippen molar-refractivity contribution in [2.24, 2.45) is 11.3 Å². The second-order valence-corrected chi connectivity index (χ2v) is 9.47. The zero-order chi connectivity index (χ0) is 21.1. The monoisotopic (exact) mass is 403 g/mol. The Morgan fingerprint density at radius 3 is 2.48 bits per heavy atom. The van der Waals surface area contributed by atoms with Gasteiger partial charge in [-0.3, -0.25) is 4.79 Å². The van der Waals surface area contributed by atoms with E-state index in [0.29, 0.717) is 18.5 Å². The van der Waals surface area contributed by atoms with Crippen LogP contribution in [0.1, 0.15) is 51.5 Å². The first kappa shape index (κ1) is 20.1. The highest BCUT2D eigenvalue weighted by molar-refractivity contribution is 6.14. The number of benzene rings is 1. The van der Waals surface area contributed by atoms with E-state index in [1.165, 1.54) is 13.2 Å². The third kappa shape index (κ3) is 3.10. The van der Waals surface area contributed by atoms with E-state index in [4.69, 9.17) is 10.1 Å². The van der Waals surface area contributed by atoms with Gasteiger partial charge in [0.1, 0.15) is 0 Å². The van der Waals surface area contributed by atoms with Crippen molar-refractivity contribution in [1.29, 1.82) is 5.41 Å². The van der Waals surface area contributed by atoms with Crippen LogP contribution in [0.2, 0.25) is 0 Å². The Balaban J connectivity index is 1.62. The zero-order valence-electron chi connectivity index (χ0n) is 17.5. The number of hydrogen-bond donors (Lipinski definition) is 3. The normalized spacial score (nSPS) is 33.5. The standard InChI is InChI=1S/C22H30FN3O3/c1-12(19(24)17-15(25-3)5-6-16(29-4)18(17)23)20(27)26-13-7-21(2)8-14(26)10-22(28,9-13)11-21/h5-6,12-14,24-25,28H,7-11H2,1-4H3. The summed E-state index contributed by atoms with van der Waals surface area (Å²) in [5.74, 6) is -1.52. The Bertz CT molecular complexity index is 835. The largest absolute Gasteiger partial charge is 0.494 e. The lowest BCUT2D eigenvalue weighted by Gasteiger charge is -2.63. The molecule has 2 aliphatic carbocycles. The summed E-state index contributed by atoms with van der Waals surface area (Å²) in [4.78, 5) is 15.3. The van der Waals surface area contributed by atoms with Crippen LogP contribution in [-0.2, 0) is 4.79 Å². The maximum Gasteiger partial charge on any atom is 0.231 e. The number of amides is 1. The molecular weight excluding hydrogens is 373 g/mol. The van der Waals surface area contributed by atoms with Gasteiger partial charge in [-0.25, -0.2) is 4.39 Å². The highest BCUT2D eigenvalue weighted by Gasteiger charge is 2.59. The first-order valence-corrected chi connectivity index (χ1v) is 10.3. The summed E-state index contributed by atoms with van der Waals surface area (Å²) < 4.78 is 20.0. The Kier molecular flexibility index (Phi) is 4.64.